The van der Waals surface area contributed by atoms with E-state index in [1.54, 1.807) is 11.3 Å². The number of H-pyrrole nitrogens is 2. The second-order valence-corrected chi connectivity index (χ2v) is 11.2. The predicted molar refractivity (Wildman–Crippen MR) is 171 cm³/mol. The van der Waals surface area contributed by atoms with Crippen LogP contribution in [0, 0.1) is 12.8 Å². The number of pyridine rings is 1. The van der Waals surface area contributed by atoms with Gasteiger partial charge in [-0.1, -0.05) is 63.3 Å². The van der Waals surface area contributed by atoms with Crippen molar-refractivity contribution in [2.45, 2.75) is 46.0 Å². The van der Waals surface area contributed by atoms with Gasteiger partial charge in [-0.3, -0.25) is 5.10 Å². The molecule has 3 N–H and O–H groups in total. The van der Waals surface area contributed by atoms with E-state index < -0.39 is 0 Å². The van der Waals surface area contributed by atoms with Crippen molar-refractivity contribution in [3.63, 3.8) is 0 Å². The second kappa shape index (κ2) is 12.3. The lowest BCUT2D eigenvalue weighted by molar-refractivity contribution is 0.393. The normalized spacial score (nSPS) is 15.4. The topological polar surface area (TPSA) is 69.4 Å². The molecule has 0 amide bonds. The van der Waals surface area contributed by atoms with Crippen LogP contribution in [0.2, 0.25) is 0 Å². The zero-order valence-electron chi connectivity index (χ0n) is 23.4. The van der Waals surface area contributed by atoms with E-state index in [2.05, 4.69) is 100 Å². The zero-order valence-corrected chi connectivity index (χ0v) is 24.2. The smallest absolute Gasteiger partial charge is 0.181 e. The van der Waals surface area contributed by atoms with Gasteiger partial charge in [0.15, 0.2) is 5.65 Å². The largest absolute Gasteiger partial charge is 0.359 e. The van der Waals surface area contributed by atoms with Crippen LogP contribution < -0.4 is 5.32 Å². The van der Waals surface area contributed by atoms with Gasteiger partial charge in [0, 0.05) is 50.2 Å². The average molecular weight is 548 g/mol. The van der Waals surface area contributed by atoms with E-state index in [1.165, 1.54) is 37.0 Å². The number of thiophene rings is 1. The maximum Gasteiger partial charge on any atom is 0.181 e. The average Bonchev–Trinajstić information content (AvgIpc) is 3.74. The molecule has 4 aromatic heterocycles. The molecule has 0 aliphatic heterocycles. The fourth-order valence-electron chi connectivity index (χ4n) is 5.48. The van der Waals surface area contributed by atoms with Crippen LogP contribution in [-0.2, 0) is 0 Å². The van der Waals surface area contributed by atoms with Crippen LogP contribution in [0.15, 0.2) is 97.4 Å². The van der Waals surface area contributed by atoms with Crippen molar-refractivity contribution >= 4 is 33.5 Å². The van der Waals surface area contributed by atoms with Gasteiger partial charge in [-0.2, -0.15) is 5.10 Å². The van der Waals surface area contributed by atoms with Crippen LogP contribution in [-0.4, -0.2) is 20.2 Å². The highest BCUT2D eigenvalue weighted by Crippen LogP contribution is 2.35. The third-order valence-electron chi connectivity index (χ3n) is 7.63. The molecule has 4 aromatic rings. The van der Waals surface area contributed by atoms with Crippen LogP contribution in [0.5, 0.6) is 0 Å². The first-order valence-electron chi connectivity index (χ1n) is 13.9. The summed E-state index contributed by atoms with van der Waals surface area (Å²) in [7, 11) is 0. The number of nitrogens with one attached hydrogen (secondary N) is 3. The minimum absolute atomic E-state index is 0.522. The van der Waals surface area contributed by atoms with Crippen molar-refractivity contribution in [2.24, 2.45) is 5.92 Å². The van der Waals surface area contributed by atoms with E-state index in [0.29, 0.717) is 11.6 Å². The molecule has 4 heterocycles. The molecule has 6 heteroatoms. The lowest BCUT2D eigenvalue weighted by Gasteiger charge is -2.25. The summed E-state index contributed by atoms with van der Waals surface area (Å²) < 4.78 is 0. The Bertz CT molecular complexity index is 1620. The molecular weight excluding hydrogens is 510 g/mol. The molecular formula is C34H37N5S. The minimum Gasteiger partial charge on any atom is -0.359 e. The van der Waals surface area contributed by atoms with Gasteiger partial charge in [0.1, 0.15) is 0 Å². The fourth-order valence-corrected chi connectivity index (χ4v) is 6.24. The molecule has 0 bridgehead atoms. The molecule has 1 aliphatic carbocycles. The summed E-state index contributed by atoms with van der Waals surface area (Å²) in [5.74, 6) is 0.522. The van der Waals surface area contributed by atoms with Crippen molar-refractivity contribution in [3.05, 3.63) is 119 Å². The van der Waals surface area contributed by atoms with Crippen molar-refractivity contribution in [3.8, 4) is 11.4 Å². The molecule has 0 radical (unpaired) electrons. The summed E-state index contributed by atoms with van der Waals surface area (Å²) >= 11 is 1.72. The molecule has 1 fully saturated rings. The van der Waals surface area contributed by atoms with Gasteiger partial charge in [0.25, 0.3) is 0 Å². The molecule has 0 atom stereocenters. The number of allylic oxidation sites excluding steroid dienone is 7. The van der Waals surface area contributed by atoms with Gasteiger partial charge < -0.3 is 10.3 Å². The van der Waals surface area contributed by atoms with Gasteiger partial charge in [0.05, 0.1) is 11.4 Å². The predicted octanol–water partition coefficient (Wildman–Crippen LogP) is 9.10. The summed E-state index contributed by atoms with van der Waals surface area (Å²) in [6.07, 6.45) is 18.1. The molecule has 1 saturated carbocycles. The van der Waals surface area contributed by atoms with Crippen LogP contribution in [0.3, 0.4) is 0 Å². The monoisotopic (exact) mass is 547 g/mol. The van der Waals surface area contributed by atoms with Crippen molar-refractivity contribution < 1.29 is 0 Å². The molecule has 0 aromatic carbocycles. The molecule has 5 nitrogen and oxygen atoms in total. The molecule has 0 unspecified atom stereocenters. The van der Waals surface area contributed by atoms with Crippen molar-refractivity contribution in [1.82, 2.24) is 25.5 Å². The Labute approximate surface area is 240 Å². The minimum atomic E-state index is 0.522. The Morgan fingerprint density at radius 3 is 2.70 bits per heavy atom. The summed E-state index contributed by atoms with van der Waals surface area (Å²) in [5.41, 5.74) is 10.0. The maximum absolute atomic E-state index is 4.68. The molecule has 204 valence electrons. The zero-order chi connectivity index (χ0) is 28.1. The van der Waals surface area contributed by atoms with Gasteiger partial charge >= 0.3 is 0 Å². The van der Waals surface area contributed by atoms with Gasteiger partial charge in [-0.15, -0.1) is 11.3 Å². The van der Waals surface area contributed by atoms with Crippen LogP contribution >= 0.6 is 11.3 Å². The highest BCUT2D eigenvalue weighted by atomic mass is 32.1. The van der Waals surface area contributed by atoms with Crippen molar-refractivity contribution in [1.29, 1.82) is 0 Å². The quantitative estimate of drug-likeness (QED) is 0.173. The van der Waals surface area contributed by atoms with E-state index in [4.69, 9.17) is 0 Å². The summed E-state index contributed by atoms with van der Waals surface area (Å²) in [4.78, 5) is 9.46. The second-order valence-electron chi connectivity index (χ2n) is 10.2. The Morgan fingerprint density at radius 2 is 2.00 bits per heavy atom. The highest BCUT2D eigenvalue weighted by molar-refractivity contribution is 7.11. The number of rotatable bonds is 10. The number of hydrogen-bond donors (Lipinski definition) is 3. The van der Waals surface area contributed by atoms with E-state index in [0.717, 1.165) is 56.1 Å². The maximum atomic E-state index is 4.68. The molecule has 5 rings (SSSR count). The highest BCUT2D eigenvalue weighted by Gasteiger charge is 2.18. The summed E-state index contributed by atoms with van der Waals surface area (Å²) in [6.45, 7) is 16.5. The number of fused-ring (bicyclic) bond motifs is 1. The van der Waals surface area contributed by atoms with Crippen LogP contribution in [0.4, 0.5) is 0 Å². The standard InChI is InChI=1S/C34H37N5S/c1-6-13-28(32-16-12-17-40-32)29-20-31(37-23(29)5)33-30-19-26(21-35-34(30)39-38-33)24(7-2)18-27(8-3)36-22(4)25-14-10-9-11-15-25/h6-8,12-13,16-21,25,36-37H,1,3-4,9-11,14-15H2,2,5H3,(H,35,38,39)/b24-7+,27-18+,28-13+. The lowest BCUT2D eigenvalue weighted by atomic mass is 9.87. The first kappa shape index (κ1) is 27.4. The third-order valence-corrected chi connectivity index (χ3v) is 8.54. The number of nitrogens with zero attached hydrogens (tertiary/aromatic N) is 2. The summed E-state index contributed by atoms with van der Waals surface area (Å²) in [6, 6.07) is 8.54. The SMILES string of the molecule is C=C/C=C(/c1cccs1)c1cc(-c2[nH]nc3ncc(C(/C=C(\C=C)NC(=C)C4CCCCC4)=C/C)cc23)[nH]c1C. The number of hydrogen-bond acceptors (Lipinski definition) is 4. The van der Waals surface area contributed by atoms with Crippen LogP contribution in [0.1, 0.15) is 60.7 Å². The van der Waals surface area contributed by atoms with Gasteiger partial charge in [-0.05, 0) is 73.9 Å². The van der Waals surface area contributed by atoms with Crippen LogP contribution in [0.25, 0.3) is 33.6 Å². The first-order chi connectivity index (χ1) is 19.5. The van der Waals surface area contributed by atoms with Gasteiger partial charge in [0.2, 0.25) is 0 Å². The van der Waals surface area contributed by atoms with Crippen molar-refractivity contribution in [2.75, 3.05) is 0 Å². The van der Waals surface area contributed by atoms with E-state index in [9.17, 15) is 0 Å². The molecule has 40 heavy (non-hydrogen) atoms. The van der Waals surface area contributed by atoms with E-state index >= 15 is 0 Å². The number of aromatic nitrogens is 4. The first-order valence-corrected chi connectivity index (χ1v) is 14.8. The molecule has 1 aliphatic rings. The molecule has 0 spiro atoms. The lowest BCUT2D eigenvalue weighted by Crippen LogP contribution is -2.20. The Kier molecular flexibility index (Phi) is 8.46. The number of aromatic amines is 2. The van der Waals surface area contributed by atoms with Gasteiger partial charge in [-0.25, -0.2) is 4.98 Å². The van der Waals surface area contributed by atoms with E-state index in [-0.39, 0.29) is 0 Å². The van der Waals surface area contributed by atoms with E-state index in [1.807, 2.05) is 25.3 Å². The molecule has 0 saturated heterocycles. The Morgan fingerprint density at radius 1 is 1.18 bits per heavy atom. The Hall–Kier alpha value is -4.16. The Balaban J connectivity index is 1.46. The fraction of sp³-hybridized carbons (Fsp3) is 0.235. The number of aryl methyl sites for hydroxylation is 1. The summed E-state index contributed by atoms with van der Waals surface area (Å²) in [5, 5.41) is 14.3. The third kappa shape index (κ3) is 5.73.